The average molecular weight is 402 g/mol. The van der Waals surface area contributed by atoms with Crippen LogP contribution in [0.3, 0.4) is 0 Å². The normalized spacial score (nSPS) is 30.9. The predicted octanol–water partition coefficient (Wildman–Crippen LogP) is 8.22. The molecule has 0 bridgehead atoms. The van der Waals surface area contributed by atoms with Crippen molar-refractivity contribution in [1.29, 1.82) is 0 Å². The van der Waals surface area contributed by atoms with Crippen LogP contribution in [0.5, 0.6) is 0 Å². The van der Waals surface area contributed by atoms with Crippen LogP contribution in [0.25, 0.3) is 0 Å². The molecule has 0 nitrogen and oxygen atoms in total. The van der Waals surface area contributed by atoms with Gasteiger partial charge in [-0.25, -0.2) is 0 Å². The van der Waals surface area contributed by atoms with Crippen molar-refractivity contribution in [1.82, 2.24) is 0 Å². The van der Waals surface area contributed by atoms with Gasteiger partial charge >= 0.3 is 0 Å². The van der Waals surface area contributed by atoms with E-state index in [1.807, 2.05) is 12.1 Å². The number of rotatable bonds is 6. The molecule has 2 fully saturated rings. The van der Waals surface area contributed by atoms with Crippen LogP contribution in [0.15, 0.2) is 24.3 Å². The van der Waals surface area contributed by atoms with Crippen LogP contribution in [0.2, 0.25) is 5.02 Å². The third kappa shape index (κ3) is 3.74. The van der Waals surface area contributed by atoms with Gasteiger partial charge in [-0.1, -0.05) is 62.8 Å². The second kappa shape index (κ2) is 8.41. The molecule has 3 rings (SSSR count). The Morgan fingerprint density at radius 2 is 1.64 bits per heavy atom. The van der Waals surface area contributed by atoms with Crippen molar-refractivity contribution in [2.24, 2.45) is 16.7 Å². The summed E-state index contributed by atoms with van der Waals surface area (Å²) < 4.78 is 0. The highest BCUT2D eigenvalue weighted by Crippen LogP contribution is 2.65. The van der Waals surface area contributed by atoms with Gasteiger partial charge in [0, 0.05) is 10.4 Å². The molecule has 0 radical (unpaired) electrons. The molecule has 0 spiro atoms. The maximum Gasteiger partial charge on any atom is 0.114 e. The number of hydrogen-bond acceptors (Lipinski definition) is 0. The summed E-state index contributed by atoms with van der Waals surface area (Å²) >= 11 is 19.7. The van der Waals surface area contributed by atoms with Crippen molar-refractivity contribution in [2.45, 2.75) is 82.4 Å². The molecule has 140 valence electrons. The van der Waals surface area contributed by atoms with Crippen LogP contribution in [-0.2, 0) is 6.42 Å². The molecule has 0 saturated heterocycles. The highest BCUT2D eigenvalue weighted by atomic mass is 35.5. The fourth-order valence-electron chi connectivity index (χ4n) is 6.10. The van der Waals surface area contributed by atoms with Gasteiger partial charge in [-0.05, 0) is 67.6 Å². The summed E-state index contributed by atoms with van der Waals surface area (Å²) in [6.07, 6.45) is 13.9. The molecular weight excluding hydrogens is 371 g/mol. The van der Waals surface area contributed by atoms with Crippen LogP contribution < -0.4 is 0 Å². The summed E-state index contributed by atoms with van der Waals surface area (Å²) in [5.41, 5.74) is 1.69. The monoisotopic (exact) mass is 400 g/mol. The zero-order valence-corrected chi connectivity index (χ0v) is 17.6. The van der Waals surface area contributed by atoms with E-state index in [4.69, 9.17) is 34.8 Å². The molecular formula is C22H31Cl3. The van der Waals surface area contributed by atoms with E-state index in [1.54, 1.807) is 0 Å². The Morgan fingerprint density at radius 3 is 2.24 bits per heavy atom. The zero-order chi connectivity index (χ0) is 17.9. The fourth-order valence-corrected chi connectivity index (χ4v) is 7.10. The van der Waals surface area contributed by atoms with Gasteiger partial charge in [-0.15, -0.1) is 23.2 Å². The molecule has 0 heterocycles. The molecule has 1 aromatic rings. The van der Waals surface area contributed by atoms with E-state index in [2.05, 4.69) is 19.1 Å². The molecule has 0 amide bonds. The minimum absolute atomic E-state index is 0.0533. The molecule has 2 atom stereocenters. The molecule has 0 aromatic heterocycles. The number of halogens is 3. The van der Waals surface area contributed by atoms with E-state index in [0.717, 1.165) is 30.2 Å². The van der Waals surface area contributed by atoms with Gasteiger partial charge in [0.1, 0.15) is 4.84 Å². The standard InChI is InChI=1S/C22H31Cl3/c1-2-13-21(20(24)25)14-5-6-15-22(21,18-7-3-4-8-18)16-17-9-11-19(23)12-10-17/h9-12,18,20H,2-8,13-16H2,1H3. The lowest BCUT2D eigenvalue weighted by Crippen LogP contribution is -2.53. The number of alkyl halides is 2. The Bertz CT molecular complexity index is 543. The van der Waals surface area contributed by atoms with Crippen LogP contribution in [0.1, 0.15) is 76.7 Å². The van der Waals surface area contributed by atoms with E-state index < -0.39 is 0 Å². The summed E-state index contributed by atoms with van der Waals surface area (Å²) in [4.78, 5) is -0.277. The first kappa shape index (κ1) is 19.8. The maximum absolute atomic E-state index is 6.79. The third-order valence-corrected chi connectivity index (χ3v) is 8.26. The predicted molar refractivity (Wildman–Crippen MR) is 111 cm³/mol. The maximum atomic E-state index is 6.79. The first-order valence-corrected chi connectivity index (χ1v) is 11.3. The Labute approximate surface area is 168 Å². The lowest BCUT2D eigenvalue weighted by atomic mass is 9.48. The summed E-state index contributed by atoms with van der Waals surface area (Å²) in [6, 6.07) is 8.48. The Balaban J connectivity index is 2.05. The first-order chi connectivity index (χ1) is 12.0. The second-order valence-corrected chi connectivity index (χ2v) is 9.89. The van der Waals surface area contributed by atoms with Crippen molar-refractivity contribution in [2.75, 3.05) is 0 Å². The molecule has 0 aliphatic heterocycles. The molecule has 3 heteroatoms. The van der Waals surface area contributed by atoms with Gasteiger partial charge in [-0.2, -0.15) is 0 Å². The van der Waals surface area contributed by atoms with Gasteiger partial charge in [0.25, 0.3) is 0 Å². The van der Waals surface area contributed by atoms with E-state index >= 15 is 0 Å². The largest absolute Gasteiger partial charge is 0.114 e. The van der Waals surface area contributed by atoms with E-state index in [9.17, 15) is 0 Å². The van der Waals surface area contributed by atoms with Crippen LogP contribution in [0, 0.1) is 16.7 Å². The lowest BCUT2D eigenvalue weighted by molar-refractivity contribution is -0.0615. The Kier molecular flexibility index (Phi) is 6.67. The lowest BCUT2D eigenvalue weighted by Gasteiger charge is -2.58. The smallest absolute Gasteiger partial charge is 0.105 e. The number of hydrogen-bond donors (Lipinski definition) is 0. The first-order valence-electron chi connectivity index (χ1n) is 10.1. The van der Waals surface area contributed by atoms with E-state index in [1.165, 1.54) is 56.9 Å². The summed E-state index contributed by atoms with van der Waals surface area (Å²) in [5, 5.41) is 0.815. The molecule has 25 heavy (non-hydrogen) atoms. The van der Waals surface area contributed by atoms with E-state index in [0.29, 0.717) is 0 Å². The molecule has 0 N–H and O–H groups in total. The van der Waals surface area contributed by atoms with Crippen molar-refractivity contribution >= 4 is 34.8 Å². The summed E-state index contributed by atoms with van der Waals surface area (Å²) in [5.74, 6) is 0.759. The SMILES string of the molecule is CCCC1(C(Cl)Cl)CCCCC1(Cc1ccc(Cl)cc1)C1CCCC1. The van der Waals surface area contributed by atoms with Crippen molar-refractivity contribution in [3.8, 4) is 0 Å². The van der Waals surface area contributed by atoms with Crippen molar-refractivity contribution in [3.63, 3.8) is 0 Å². The van der Waals surface area contributed by atoms with E-state index in [-0.39, 0.29) is 15.7 Å². The number of benzene rings is 1. The molecule has 2 saturated carbocycles. The average Bonchev–Trinajstić information content (AvgIpc) is 3.14. The van der Waals surface area contributed by atoms with Gasteiger partial charge in [0.15, 0.2) is 0 Å². The quantitative estimate of drug-likeness (QED) is 0.421. The topological polar surface area (TPSA) is 0 Å². The van der Waals surface area contributed by atoms with Crippen LogP contribution in [0.4, 0.5) is 0 Å². The second-order valence-electron chi connectivity index (χ2n) is 8.35. The Hall–Kier alpha value is 0.0900. The minimum atomic E-state index is -0.277. The van der Waals surface area contributed by atoms with Gasteiger partial charge < -0.3 is 0 Å². The van der Waals surface area contributed by atoms with Gasteiger partial charge in [0.2, 0.25) is 0 Å². The van der Waals surface area contributed by atoms with Crippen molar-refractivity contribution < 1.29 is 0 Å². The highest BCUT2D eigenvalue weighted by Gasteiger charge is 2.58. The molecule has 2 aliphatic rings. The third-order valence-electron chi connectivity index (χ3n) is 7.17. The van der Waals surface area contributed by atoms with Crippen LogP contribution >= 0.6 is 34.8 Å². The van der Waals surface area contributed by atoms with Gasteiger partial charge in [0.05, 0.1) is 0 Å². The summed E-state index contributed by atoms with van der Waals surface area (Å²) in [6.45, 7) is 2.29. The fraction of sp³-hybridized carbons (Fsp3) is 0.727. The Morgan fingerprint density at radius 1 is 1.00 bits per heavy atom. The van der Waals surface area contributed by atoms with Crippen molar-refractivity contribution in [3.05, 3.63) is 34.9 Å². The van der Waals surface area contributed by atoms with Gasteiger partial charge in [-0.3, -0.25) is 0 Å². The zero-order valence-electron chi connectivity index (χ0n) is 15.4. The molecule has 1 aromatic carbocycles. The van der Waals surface area contributed by atoms with Crippen LogP contribution in [-0.4, -0.2) is 4.84 Å². The summed E-state index contributed by atoms with van der Waals surface area (Å²) in [7, 11) is 0. The molecule has 2 unspecified atom stereocenters. The highest BCUT2D eigenvalue weighted by molar-refractivity contribution is 6.44. The minimum Gasteiger partial charge on any atom is -0.105 e. The molecule has 2 aliphatic carbocycles.